The number of rotatable bonds is 0. The van der Waals surface area contributed by atoms with Gasteiger partial charge in [-0.15, -0.1) is 0 Å². The van der Waals surface area contributed by atoms with Gasteiger partial charge in [-0.3, -0.25) is 4.98 Å². The van der Waals surface area contributed by atoms with Gasteiger partial charge in [-0.05, 0) is 12.1 Å². The Labute approximate surface area is 93.8 Å². The van der Waals surface area contributed by atoms with Crippen LogP contribution in [0.15, 0.2) is 47.6 Å². The number of benzene rings is 1. The Kier molecular flexibility index (Phi) is 3.46. The molecule has 0 bridgehead atoms. The molecule has 0 aliphatic carbocycles. The Morgan fingerprint density at radius 1 is 1.19 bits per heavy atom. The molecule has 2 aromatic rings. The molecule has 1 aromatic heterocycles. The van der Waals surface area contributed by atoms with Crippen LogP contribution in [0.4, 0.5) is 0 Å². The summed E-state index contributed by atoms with van der Waals surface area (Å²) in [5.41, 5.74) is 6.27. The van der Waals surface area contributed by atoms with E-state index in [0.717, 1.165) is 5.52 Å². The fraction of sp³-hybridized carbons (Fsp3) is 0.167. The largest absolute Gasteiger partial charge is 0.480 e. The lowest BCUT2D eigenvalue weighted by molar-refractivity contribution is 0.330. The van der Waals surface area contributed by atoms with E-state index in [9.17, 15) is 0 Å². The number of hydrogen-bond donors (Lipinski definition) is 1. The standard InChI is InChI=1S/C9H7N.C3H6N2O/c1-2-6-9-8(4-1)5-3-7-10-9;4-3-1-6-2-5-3/h1-7H;2-3H,1,4H2. The van der Waals surface area contributed by atoms with Crippen molar-refractivity contribution in [3.05, 3.63) is 42.6 Å². The second-order valence-electron chi connectivity index (χ2n) is 3.35. The summed E-state index contributed by atoms with van der Waals surface area (Å²) in [7, 11) is 0. The molecule has 0 amide bonds. The van der Waals surface area contributed by atoms with Crippen molar-refractivity contribution in [2.75, 3.05) is 6.61 Å². The van der Waals surface area contributed by atoms with Crippen molar-refractivity contribution in [3.63, 3.8) is 0 Å². The molecule has 0 radical (unpaired) electrons. The summed E-state index contributed by atoms with van der Waals surface area (Å²) in [6, 6.07) is 12.1. The molecule has 4 heteroatoms. The molecule has 0 fully saturated rings. The zero-order valence-corrected chi connectivity index (χ0v) is 8.78. The van der Waals surface area contributed by atoms with Gasteiger partial charge in [0.2, 0.25) is 0 Å². The summed E-state index contributed by atoms with van der Waals surface area (Å²) in [4.78, 5) is 7.85. The zero-order valence-electron chi connectivity index (χ0n) is 8.78. The smallest absolute Gasteiger partial charge is 0.171 e. The van der Waals surface area contributed by atoms with Gasteiger partial charge in [-0.2, -0.15) is 0 Å². The molecule has 1 unspecified atom stereocenters. The molecule has 2 heterocycles. The Hall–Kier alpha value is -1.94. The molecular formula is C12H13N3O. The van der Waals surface area contributed by atoms with Crippen LogP contribution >= 0.6 is 0 Å². The first-order chi connectivity index (χ1) is 7.86. The third-order valence-electron chi connectivity index (χ3n) is 2.11. The summed E-state index contributed by atoms with van der Waals surface area (Å²) in [6.07, 6.45) is 3.08. The van der Waals surface area contributed by atoms with E-state index in [-0.39, 0.29) is 6.17 Å². The first kappa shape index (κ1) is 10.6. The molecular weight excluding hydrogens is 202 g/mol. The van der Waals surface area contributed by atoms with Gasteiger partial charge in [-0.1, -0.05) is 24.3 Å². The fourth-order valence-corrected chi connectivity index (χ4v) is 1.32. The molecule has 2 N–H and O–H groups in total. The highest BCUT2D eigenvalue weighted by Gasteiger charge is 2.01. The number of hydrogen-bond acceptors (Lipinski definition) is 4. The van der Waals surface area contributed by atoms with Crippen LogP contribution in [0.2, 0.25) is 0 Å². The van der Waals surface area contributed by atoms with E-state index in [1.165, 1.54) is 11.8 Å². The minimum atomic E-state index is -0.106. The highest BCUT2D eigenvalue weighted by molar-refractivity contribution is 5.77. The van der Waals surface area contributed by atoms with Gasteiger partial charge in [0.05, 0.1) is 5.52 Å². The molecule has 1 aromatic carbocycles. The normalized spacial score (nSPS) is 17.7. The average Bonchev–Trinajstić information content (AvgIpc) is 2.81. The first-order valence-corrected chi connectivity index (χ1v) is 5.05. The maximum absolute atomic E-state index is 5.21. The lowest BCUT2D eigenvalue weighted by atomic mass is 10.2. The fourth-order valence-electron chi connectivity index (χ4n) is 1.32. The third kappa shape index (κ3) is 2.77. The van der Waals surface area contributed by atoms with E-state index in [2.05, 4.69) is 26.8 Å². The van der Waals surface area contributed by atoms with E-state index in [0.29, 0.717) is 6.61 Å². The molecule has 0 spiro atoms. The zero-order chi connectivity index (χ0) is 11.2. The second kappa shape index (κ2) is 5.23. The Morgan fingerprint density at radius 3 is 2.62 bits per heavy atom. The SMILES string of the molecule is NC1COC=N1.c1ccc2ncccc2c1. The molecule has 1 aliphatic rings. The maximum Gasteiger partial charge on any atom is 0.171 e. The van der Waals surface area contributed by atoms with Gasteiger partial charge < -0.3 is 10.5 Å². The first-order valence-electron chi connectivity index (χ1n) is 5.05. The quantitative estimate of drug-likeness (QED) is 0.725. The Balaban J connectivity index is 0.000000138. The molecule has 4 nitrogen and oxygen atoms in total. The maximum atomic E-state index is 5.21. The molecule has 3 rings (SSSR count). The number of nitrogens with two attached hydrogens (primary N) is 1. The van der Waals surface area contributed by atoms with Crippen LogP contribution in [-0.2, 0) is 4.74 Å². The van der Waals surface area contributed by atoms with Crippen molar-refractivity contribution >= 4 is 17.3 Å². The van der Waals surface area contributed by atoms with Crippen LogP contribution in [0.3, 0.4) is 0 Å². The Bertz CT molecular complexity index is 419. The number of para-hydroxylation sites is 1. The van der Waals surface area contributed by atoms with Crippen molar-refractivity contribution in [3.8, 4) is 0 Å². The molecule has 0 saturated carbocycles. The summed E-state index contributed by atoms with van der Waals surface area (Å²) in [5.74, 6) is 0. The van der Waals surface area contributed by atoms with Gasteiger partial charge in [0.25, 0.3) is 0 Å². The predicted octanol–water partition coefficient (Wildman–Crippen LogP) is 1.56. The van der Waals surface area contributed by atoms with Gasteiger partial charge in [0.1, 0.15) is 12.8 Å². The number of aromatic nitrogens is 1. The highest BCUT2D eigenvalue weighted by Crippen LogP contribution is 2.07. The number of nitrogens with zero attached hydrogens (tertiary/aromatic N) is 2. The van der Waals surface area contributed by atoms with Crippen LogP contribution in [0.5, 0.6) is 0 Å². The van der Waals surface area contributed by atoms with Gasteiger partial charge in [0, 0.05) is 11.6 Å². The summed E-state index contributed by atoms with van der Waals surface area (Å²) >= 11 is 0. The molecule has 1 atom stereocenters. The van der Waals surface area contributed by atoms with Crippen molar-refractivity contribution in [2.45, 2.75) is 6.17 Å². The van der Waals surface area contributed by atoms with Gasteiger partial charge >= 0.3 is 0 Å². The van der Waals surface area contributed by atoms with Gasteiger partial charge in [-0.25, -0.2) is 4.99 Å². The highest BCUT2D eigenvalue weighted by atomic mass is 16.5. The Morgan fingerprint density at radius 2 is 2.00 bits per heavy atom. The summed E-state index contributed by atoms with van der Waals surface area (Å²) in [6.45, 7) is 0.542. The minimum absolute atomic E-state index is 0.106. The van der Waals surface area contributed by atoms with Crippen molar-refractivity contribution < 1.29 is 4.74 Å². The lowest BCUT2D eigenvalue weighted by Gasteiger charge is -1.91. The molecule has 0 saturated heterocycles. The van der Waals surface area contributed by atoms with Crippen molar-refractivity contribution in [1.29, 1.82) is 0 Å². The van der Waals surface area contributed by atoms with Crippen LogP contribution < -0.4 is 5.73 Å². The van der Waals surface area contributed by atoms with E-state index in [1.807, 2.05) is 30.5 Å². The predicted molar refractivity (Wildman–Crippen MR) is 64.2 cm³/mol. The van der Waals surface area contributed by atoms with Crippen molar-refractivity contribution in [2.24, 2.45) is 10.7 Å². The van der Waals surface area contributed by atoms with E-state index in [4.69, 9.17) is 5.73 Å². The number of aliphatic imine (C=N–C) groups is 1. The topological polar surface area (TPSA) is 60.5 Å². The second-order valence-corrected chi connectivity index (χ2v) is 3.35. The van der Waals surface area contributed by atoms with E-state index >= 15 is 0 Å². The molecule has 82 valence electrons. The third-order valence-corrected chi connectivity index (χ3v) is 2.11. The van der Waals surface area contributed by atoms with Crippen LogP contribution in [0.25, 0.3) is 10.9 Å². The molecule has 16 heavy (non-hydrogen) atoms. The van der Waals surface area contributed by atoms with Crippen LogP contribution in [0.1, 0.15) is 0 Å². The van der Waals surface area contributed by atoms with Crippen LogP contribution in [0, 0.1) is 0 Å². The van der Waals surface area contributed by atoms with Gasteiger partial charge in [0.15, 0.2) is 6.40 Å². The van der Waals surface area contributed by atoms with Crippen molar-refractivity contribution in [1.82, 2.24) is 4.98 Å². The monoisotopic (exact) mass is 215 g/mol. The molecule has 1 aliphatic heterocycles. The number of fused-ring (bicyclic) bond motifs is 1. The summed E-state index contributed by atoms with van der Waals surface area (Å²) < 4.78 is 4.64. The summed E-state index contributed by atoms with van der Waals surface area (Å²) in [5, 5.41) is 1.20. The van der Waals surface area contributed by atoms with E-state index < -0.39 is 0 Å². The lowest BCUT2D eigenvalue weighted by Crippen LogP contribution is -2.17. The van der Waals surface area contributed by atoms with E-state index in [1.54, 1.807) is 0 Å². The van der Waals surface area contributed by atoms with Crippen LogP contribution in [-0.4, -0.2) is 24.2 Å². The average molecular weight is 215 g/mol. The number of ether oxygens (including phenoxy) is 1. The minimum Gasteiger partial charge on any atom is -0.480 e. The number of pyridine rings is 1.